The minimum atomic E-state index is -0.610. The number of fused-ring (bicyclic) bond motifs is 1. The maximum atomic E-state index is 12.7. The number of rotatable bonds is 5. The molecule has 1 aliphatic heterocycles. The molecule has 2 aromatic carbocycles. The highest BCUT2D eigenvalue weighted by atomic mass is 16.5. The molecule has 0 radical (unpaired) electrons. The van der Waals surface area contributed by atoms with E-state index in [1.54, 1.807) is 24.9 Å². The number of carbonyl (C=O) groups is 2. The molecule has 5 heteroatoms. The number of hydrogen-bond acceptors (Lipinski definition) is 5. The number of ether oxygens (including phenoxy) is 2. The van der Waals surface area contributed by atoms with E-state index in [9.17, 15) is 9.59 Å². The molecule has 0 saturated carbocycles. The summed E-state index contributed by atoms with van der Waals surface area (Å²) in [5, 5.41) is 0. The lowest BCUT2D eigenvalue weighted by Crippen LogP contribution is -2.31. The molecule has 1 atom stereocenters. The van der Waals surface area contributed by atoms with Crippen LogP contribution in [0.4, 0.5) is 0 Å². The summed E-state index contributed by atoms with van der Waals surface area (Å²) in [6.07, 6.45) is 4.79. The second kappa shape index (κ2) is 10.1. The van der Waals surface area contributed by atoms with Gasteiger partial charge in [0.05, 0.1) is 19.3 Å². The van der Waals surface area contributed by atoms with Crippen molar-refractivity contribution in [3.05, 3.63) is 89.3 Å². The number of esters is 2. The number of nitrogens with zero attached hydrogens (tertiary/aromatic N) is 1. The third-order valence-corrected chi connectivity index (χ3v) is 4.41. The molecule has 0 N–H and O–H groups in total. The van der Waals surface area contributed by atoms with Gasteiger partial charge in [-0.1, -0.05) is 54.3 Å². The largest absolute Gasteiger partial charge is 0.463 e. The van der Waals surface area contributed by atoms with E-state index >= 15 is 0 Å². The van der Waals surface area contributed by atoms with E-state index in [0.29, 0.717) is 0 Å². The summed E-state index contributed by atoms with van der Waals surface area (Å²) >= 11 is 0. The fourth-order valence-electron chi connectivity index (χ4n) is 3.09. The molecule has 1 unspecified atom stereocenters. The summed E-state index contributed by atoms with van der Waals surface area (Å²) in [7, 11) is 0. The fraction of sp³-hybridized carbons (Fsp3) is 0.200. The topological polar surface area (TPSA) is 55.8 Å². The van der Waals surface area contributed by atoms with Crippen LogP contribution in [0.15, 0.2) is 72.6 Å². The Bertz CT molecular complexity index is 1030. The van der Waals surface area contributed by atoms with Crippen molar-refractivity contribution >= 4 is 18.0 Å². The average Bonchev–Trinajstić information content (AvgIpc) is 2.77. The zero-order valence-corrected chi connectivity index (χ0v) is 17.0. The summed E-state index contributed by atoms with van der Waals surface area (Å²) in [6, 6.07) is 16.9. The maximum Gasteiger partial charge on any atom is 0.355 e. The predicted octanol–water partition coefficient (Wildman–Crippen LogP) is 4.08. The molecule has 3 rings (SSSR count). The summed E-state index contributed by atoms with van der Waals surface area (Å²) in [6.45, 7) is 3.82. The van der Waals surface area contributed by atoms with Gasteiger partial charge < -0.3 is 14.4 Å². The first-order valence-electron chi connectivity index (χ1n) is 9.81. The van der Waals surface area contributed by atoms with Crippen molar-refractivity contribution in [2.24, 2.45) is 0 Å². The minimum Gasteiger partial charge on any atom is -0.463 e. The summed E-state index contributed by atoms with van der Waals surface area (Å²) in [4.78, 5) is 26.5. The first-order chi connectivity index (χ1) is 14.6. The Hall–Kier alpha value is -3.78. The highest BCUT2D eigenvalue weighted by Crippen LogP contribution is 2.33. The van der Waals surface area contributed by atoms with Gasteiger partial charge in [-0.15, -0.1) is 0 Å². The van der Waals surface area contributed by atoms with Crippen LogP contribution in [0.25, 0.3) is 6.08 Å². The molecule has 1 heterocycles. The Kier molecular flexibility index (Phi) is 7.07. The normalized spacial score (nSPS) is 14.9. The molecule has 0 bridgehead atoms. The predicted molar refractivity (Wildman–Crippen MR) is 115 cm³/mol. The average molecular weight is 401 g/mol. The van der Waals surface area contributed by atoms with Crippen LogP contribution in [0.2, 0.25) is 0 Å². The van der Waals surface area contributed by atoms with Gasteiger partial charge in [-0.25, -0.2) is 9.59 Å². The van der Waals surface area contributed by atoms with Gasteiger partial charge in [0.15, 0.2) is 0 Å². The zero-order chi connectivity index (χ0) is 21.3. The molecule has 152 valence electrons. The lowest BCUT2D eigenvalue weighted by Gasteiger charge is -2.32. The molecule has 0 aliphatic carbocycles. The SMILES string of the molecule is CCOC(=O)/C=C(\C(=O)OCC)N1C=Cc2ccccc2C1C#Cc1ccccc1. The highest BCUT2D eigenvalue weighted by Gasteiger charge is 2.29. The molecule has 2 aromatic rings. The van der Waals surface area contributed by atoms with E-state index in [1.807, 2.05) is 60.7 Å². The lowest BCUT2D eigenvalue weighted by molar-refractivity contribution is -0.142. The van der Waals surface area contributed by atoms with Gasteiger partial charge in [0.25, 0.3) is 0 Å². The molecule has 1 aliphatic rings. The first-order valence-corrected chi connectivity index (χ1v) is 9.81. The van der Waals surface area contributed by atoms with Crippen LogP contribution >= 0.6 is 0 Å². The molecule has 5 nitrogen and oxygen atoms in total. The van der Waals surface area contributed by atoms with Crippen LogP contribution in [0.5, 0.6) is 0 Å². The Morgan fingerprint density at radius 2 is 1.70 bits per heavy atom. The maximum absolute atomic E-state index is 12.7. The fourth-order valence-corrected chi connectivity index (χ4v) is 3.09. The third kappa shape index (κ3) is 4.98. The second-order valence-electron chi connectivity index (χ2n) is 6.39. The third-order valence-electron chi connectivity index (χ3n) is 4.41. The smallest absolute Gasteiger partial charge is 0.355 e. The Balaban J connectivity index is 2.08. The van der Waals surface area contributed by atoms with Crippen LogP contribution < -0.4 is 0 Å². The van der Waals surface area contributed by atoms with Crippen LogP contribution in [0.1, 0.15) is 36.6 Å². The van der Waals surface area contributed by atoms with Crippen molar-refractivity contribution in [2.45, 2.75) is 19.9 Å². The van der Waals surface area contributed by atoms with E-state index < -0.39 is 18.0 Å². The number of hydrogen-bond donors (Lipinski definition) is 0. The van der Waals surface area contributed by atoms with Gasteiger partial charge in [0.2, 0.25) is 0 Å². The van der Waals surface area contributed by atoms with Crippen molar-refractivity contribution in [1.82, 2.24) is 4.90 Å². The molecule has 0 amide bonds. The van der Waals surface area contributed by atoms with Crippen molar-refractivity contribution in [1.29, 1.82) is 0 Å². The van der Waals surface area contributed by atoms with E-state index in [2.05, 4.69) is 11.8 Å². The van der Waals surface area contributed by atoms with E-state index in [1.165, 1.54) is 0 Å². The summed E-state index contributed by atoms with van der Waals surface area (Å²) in [5.74, 6) is 5.20. The minimum absolute atomic E-state index is 0.0772. The highest BCUT2D eigenvalue weighted by molar-refractivity contribution is 5.96. The van der Waals surface area contributed by atoms with Crippen molar-refractivity contribution in [2.75, 3.05) is 13.2 Å². The number of carbonyl (C=O) groups excluding carboxylic acids is 2. The van der Waals surface area contributed by atoms with Crippen LogP contribution in [-0.4, -0.2) is 30.1 Å². The van der Waals surface area contributed by atoms with E-state index in [4.69, 9.17) is 9.47 Å². The van der Waals surface area contributed by atoms with Crippen LogP contribution in [0.3, 0.4) is 0 Å². The van der Waals surface area contributed by atoms with Crippen LogP contribution in [0, 0.1) is 11.8 Å². The molecule has 30 heavy (non-hydrogen) atoms. The van der Waals surface area contributed by atoms with Gasteiger partial charge in [0.1, 0.15) is 11.7 Å². The standard InChI is InChI=1S/C25H23NO4/c1-3-29-24(27)18-23(25(28)30-4-2)26-17-16-20-12-8-9-13-21(20)22(26)15-14-19-10-6-5-7-11-19/h5-13,16-18,22H,3-4H2,1-2H3/b23-18+. The molecular weight excluding hydrogens is 378 g/mol. The molecule has 0 spiro atoms. The van der Waals surface area contributed by atoms with Gasteiger partial charge in [-0.05, 0) is 43.2 Å². The van der Waals surface area contributed by atoms with Gasteiger partial charge >= 0.3 is 11.9 Å². The van der Waals surface area contributed by atoms with Crippen molar-refractivity contribution < 1.29 is 19.1 Å². The monoisotopic (exact) mass is 401 g/mol. The van der Waals surface area contributed by atoms with E-state index in [0.717, 1.165) is 22.8 Å². The molecule has 0 fully saturated rings. The van der Waals surface area contributed by atoms with Gasteiger partial charge in [-0.3, -0.25) is 0 Å². The Morgan fingerprint density at radius 3 is 2.43 bits per heavy atom. The quantitative estimate of drug-likeness (QED) is 0.429. The number of benzene rings is 2. The Morgan fingerprint density at radius 1 is 1.00 bits per heavy atom. The second-order valence-corrected chi connectivity index (χ2v) is 6.39. The van der Waals surface area contributed by atoms with Gasteiger partial charge in [-0.2, -0.15) is 0 Å². The Labute approximate surface area is 176 Å². The van der Waals surface area contributed by atoms with E-state index in [-0.39, 0.29) is 18.9 Å². The first kappa shape index (κ1) is 20.9. The molecular formula is C25H23NO4. The molecule has 0 aromatic heterocycles. The van der Waals surface area contributed by atoms with Crippen molar-refractivity contribution in [3.63, 3.8) is 0 Å². The van der Waals surface area contributed by atoms with Crippen molar-refractivity contribution in [3.8, 4) is 11.8 Å². The lowest BCUT2D eigenvalue weighted by atomic mass is 9.95. The van der Waals surface area contributed by atoms with Crippen LogP contribution in [-0.2, 0) is 19.1 Å². The molecule has 0 saturated heterocycles. The summed E-state index contributed by atoms with van der Waals surface area (Å²) in [5.41, 5.74) is 2.87. The zero-order valence-electron chi connectivity index (χ0n) is 17.0. The van der Waals surface area contributed by atoms with Gasteiger partial charge in [0, 0.05) is 11.8 Å². The summed E-state index contributed by atoms with van der Waals surface area (Å²) < 4.78 is 10.2.